The van der Waals surface area contributed by atoms with Crippen molar-refractivity contribution in [2.24, 2.45) is 0 Å². The minimum atomic E-state index is -1.03. The third kappa shape index (κ3) is 3.45. The third-order valence-electron chi connectivity index (χ3n) is 3.21. The first-order valence-electron chi connectivity index (χ1n) is 6.57. The van der Waals surface area contributed by atoms with Crippen molar-refractivity contribution in [1.29, 1.82) is 0 Å². The number of carboxylic acid groups (broad SMARTS) is 1. The van der Waals surface area contributed by atoms with E-state index in [0.29, 0.717) is 21.4 Å². The van der Waals surface area contributed by atoms with Crippen LogP contribution in [0.4, 0.5) is 5.69 Å². The van der Waals surface area contributed by atoms with Crippen LogP contribution < -0.4 is 5.32 Å². The first-order valence-corrected chi connectivity index (χ1v) is 7.76. The standard InChI is InChI=1S/C15H15ClN2O3S/c1-7-4-5-10(6-11(7)16)18-13(19)8(2)14-17-9(3)12(22-14)15(20)21/h4-6,8H,1-3H3,(H,18,19)(H,20,21). The summed E-state index contributed by atoms with van der Waals surface area (Å²) in [5.74, 6) is -1.83. The lowest BCUT2D eigenvalue weighted by Gasteiger charge is -2.10. The lowest BCUT2D eigenvalue weighted by Crippen LogP contribution is -2.18. The monoisotopic (exact) mass is 338 g/mol. The Balaban J connectivity index is 2.16. The number of thiazole rings is 1. The number of carbonyl (C=O) groups is 2. The van der Waals surface area contributed by atoms with E-state index in [2.05, 4.69) is 10.3 Å². The molecule has 1 unspecified atom stereocenters. The third-order valence-corrected chi connectivity index (χ3v) is 4.95. The van der Waals surface area contributed by atoms with E-state index in [4.69, 9.17) is 16.7 Å². The molecular formula is C15H15ClN2O3S. The lowest BCUT2D eigenvalue weighted by atomic mass is 10.1. The van der Waals surface area contributed by atoms with Gasteiger partial charge in [-0.1, -0.05) is 17.7 Å². The Bertz CT molecular complexity index is 742. The van der Waals surface area contributed by atoms with Gasteiger partial charge in [-0.2, -0.15) is 0 Å². The quantitative estimate of drug-likeness (QED) is 0.887. The highest BCUT2D eigenvalue weighted by molar-refractivity contribution is 7.13. The summed E-state index contributed by atoms with van der Waals surface area (Å²) in [7, 11) is 0. The molecular weight excluding hydrogens is 324 g/mol. The molecule has 2 rings (SSSR count). The van der Waals surface area contributed by atoms with Gasteiger partial charge in [0.15, 0.2) is 0 Å². The summed E-state index contributed by atoms with van der Waals surface area (Å²) >= 11 is 7.05. The van der Waals surface area contributed by atoms with E-state index < -0.39 is 11.9 Å². The van der Waals surface area contributed by atoms with Crippen LogP contribution in [0.25, 0.3) is 0 Å². The lowest BCUT2D eigenvalue weighted by molar-refractivity contribution is -0.117. The average Bonchev–Trinajstić information content (AvgIpc) is 2.84. The van der Waals surface area contributed by atoms with Crippen molar-refractivity contribution in [3.05, 3.63) is 44.4 Å². The van der Waals surface area contributed by atoms with Crippen LogP contribution in [0.1, 0.15) is 38.8 Å². The Hall–Kier alpha value is -1.92. The number of aromatic nitrogens is 1. The number of benzene rings is 1. The maximum Gasteiger partial charge on any atom is 0.347 e. The summed E-state index contributed by atoms with van der Waals surface area (Å²) in [6, 6.07) is 5.26. The molecule has 1 amide bonds. The van der Waals surface area contributed by atoms with Crippen LogP contribution >= 0.6 is 22.9 Å². The van der Waals surface area contributed by atoms with Gasteiger partial charge < -0.3 is 10.4 Å². The van der Waals surface area contributed by atoms with Gasteiger partial charge in [-0.25, -0.2) is 9.78 Å². The number of nitrogens with one attached hydrogen (secondary N) is 1. The molecule has 1 atom stereocenters. The number of hydrogen-bond donors (Lipinski definition) is 2. The van der Waals surface area contributed by atoms with E-state index in [0.717, 1.165) is 16.9 Å². The minimum absolute atomic E-state index is 0.160. The minimum Gasteiger partial charge on any atom is -0.477 e. The molecule has 2 aromatic rings. The van der Waals surface area contributed by atoms with Gasteiger partial charge in [-0.15, -0.1) is 11.3 Å². The molecule has 0 radical (unpaired) electrons. The number of amides is 1. The number of aromatic carboxylic acids is 1. The fourth-order valence-electron chi connectivity index (χ4n) is 1.83. The SMILES string of the molecule is Cc1ccc(NC(=O)C(C)c2nc(C)c(C(=O)O)s2)cc1Cl. The van der Waals surface area contributed by atoms with Crippen LogP contribution in [0.5, 0.6) is 0 Å². The first-order chi connectivity index (χ1) is 10.3. The molecule has 0 saturated carbocycles. The predicted molar refractivity (Wildman–Crippen MR) is 87.0 cm³/mol. The number of rotatable bonds is 4. The molecule has 0 bridgehead atoms. The van der Waals surface area contributed by atoms with E-state index >= 15 is 0 Å². The maximum absolute atomic E-state index is 12.3. The van der Waals surface area contributed by atoms with Gasteiger partial charge in [0.05, 0.1) is 11.6 Å². The summed E-state index contributed by atoms with van der Waals surface area (Å²) in [5.41, 5.74) is 1.94. The number of carboxylic acids is 1. The Morgan fingerprint density at radius 2 is 2.05 bits per heavy atom. The normalized spacial score (nSPS) is 12.0. The van der Waals surface area contributed by atoms with Gasteiger partial charge in [-0.05, 0) is 38.5 Å². The number of hydrogen-bond acceptors (Lipinski definition) is 4. The molecule has 0 fully saturated rings. The second kappa shape index (κ2) is 6.46. The predicted octanol–water partition coefficient (Wildman–Crippen LogP) is 3.85. The van der Waals surface area contributed by atoms with Crippen molar-refractivity contribution in [1.82, 2.24) is 4.98 Å². The fourth-order valence-corrected chi connectivity index (χ4v) is 2.97. The molecule has 0 aliphatic rings. The van der Waals surface area contributed by atoms with E-state index in [1.165, 1.54) is 0 Å². The number of halogens is 1. The second-order valence-electron chi connectivity index (χ2n) is 4.95. The zero-order valence-corrected chi connectivity index (χ0v) is 13.9. The van der Waals surface area contributed by atoms with E-state index in [1.54, 1.807) is 26.0 Å². The second-order valence-corrected chi connectivity index (χ2v) is 6.38. The van der Waals surface area contributed by atoms with Crippen molar-refractivity contribution < 1.29 is 14.7 Å². The summed E-state index contributed by atoms with van der Waals surface area (Å²) in [6.45, 7) is 5.19. The van der Waals surface area contributed by atoms with Gasteiger partial charge in [0.2, 0.25) is 5.91 Å². The van der Waals surface area contributed by atoms with Gasteiger partial charge in [0.1, 0.15) is 9.88 Å². The fraction of sp³-hybridized carbons (Fsp3) is 0.267. The Kier molecular flexibility index (Phi) is 4.83. The molecule has 1 aromatic heterocycles. The van der Waals surface area contributed by atoms with Gasteiger partial charge in [0, 0.05) is 10.7 Å². The highest BCUT2D eigenvalue weighted by atomic mass is 35.5. The highest BCUT2D eigenvalue weighted by Gasteiger charge is 2.23. The van der Waals surface area contributed by atoms with Crippen LogP contribution in [0.3, 0.4) is 0 Å². The smallest absolute Gasteiger partial charge is 0.347 e. The van der Waals surface area contributed by atoms with Crippen LogP contribution in [0.2, 0.25) is 5.02 Å². The first kappa shape index (κ1) is 16.5. The van der Waals surface area contributed by atoms with Crippen molar-refractivity contribution in [3.63, 3.8) is 0 Å². The van der Waals surface area contributed by atoms with E-state index in [9.17, 15) is 9.59 Å². The molecule has 1 aromatic carbocycles. The van der Waals surface area contributed by atoms with Crippen molar-refractivity contribution >= 4 is 40.5 Å². The van der Waals surface area contributed by atoms with Crippen molar-refractivity contribution in [2.75, 3.05) is 5.32 Å². The zero-order valence-electron chi connectivity index (χ0n) is 12.3. The van der Waals surface area contributed by atoms with Crippen LogP contribution in [-0.4, -0.2) is 22.0 Å². The molecule has 0 aliphatic heterocycles. The van der Waals surface area contributed by atoms with Crippen molar-refractivity contribution in [3.8, 4) is 0 Å². The number of aryl methyl sites for hydroxylation is 2. The zero-order chi connectivity index (χ0) is 16.4. The van der Waals surface area contributed by atoms with Crippen LogP contribution in [-0.2, 0) is 4.79 Å². The molecule has 1 heterocycles. The molecule has 2 N–H and O–H groups in total. The number of anilines is 1. The Morgan fingerprint density at radius 1 is 1.36 bits per heavy atom. The van der Waals surface area contributed by atoms with Crippen LogP contribution in [0.15, 0.2) is 18.2 Å². The van der Waals surface area contributed by atoms with E-state index in [1.807, 2.05) is 13.0 Å². The van der Waals surface area contributed by atoms with Gasteiger partial charge in [0.25, 0.3) is 0 Å². The largest absolute Gasteiger partial charge is 0.477 e. The molecule has 0 aliphatic carbocycles. The van der Waals surface area contributed by atoms with Crippen molar-refractivity contribution in [2.45, 2.75) is 26.7 Å². The Morgan fingerprint density at radius 3 is 2.59 bits per heavy atom. The maximum atomic E-state index is 12.3. The molecule has 0 spiro atoms. The summed E-state index contributed by atoms with van der Waals surface area (Å²) < 4.78 is 0. The Labute approximate surface area is 137 Å². The summed E-state index contributed by atoms with van der Waals surface area (Å²) in [5, 5.41) is 12.9. The molecule has 5 nitrogen and oxygen atoms in total. The molecule has 7 heteroatoms. The van der Waals surface area contributed by atoms with E-state index in [-0.39, 0.29) is 10.8 Å². The average molecular weight is 339 g/mol. The summed E-state index contributed by atoms with van der Waals surface area (Å²) in [4.78, 5) is 27.6. The molecule has 22 heavy (non-hydrogen) atoms. The molecule has 116 valence electrons. The topological polar surface area (TPSA) is 79.3 Å². The highest BCUT2D eigenvalue weighted by Crippen LogP contribution is 2.27. The number of nitrogens with zero attached hydrogens (tertiary/aromatic N) is 1. The molecule has 0 saturated heterocycles. The van der Waals surface area contributed by atoms with Gasteiger partial charge in [-0.3, -0.25) is 4.79 Å². The summed E-state index contributed by atoms with van der Waals surface area (Å²) in [6.07, 6.45) is 0. The number of carbonyl (C=O) groups excluding carboxylic acids is 1. The van der Waals surface area contributed by atoms with Crippen LogP contribution in [0, 0.1) is 13.8 Å². The van der Waals surface area contributed by atoms with Gasteiger partial charge >= 0.3 is 5.97 Å².